The molecule has 6 nitrogen and oxygen atoms in total. The number of aromatic nitrogens is 3. The van der Waals surface area contributed by atoms with Gasteiger partial charge in [-0.15, -0.1) is 11.3 Å². The van der Waals surface area contributed by atoms with Crippen LogP contribution in [0.15, 0.2) is 64.9 Å². The van der Waals surface area contributed by atoms with Gasteiger partial charge in [0.25, 0.3) is 5.56 Å². The van der Waals surface area contributed by atoms with Crippen molar-refractivity contribution in [2.75, 3.05) is 7.11 Å². The molecule has 0 unspecified atom stereocenters. The number of benzene rings is 2. The molecule has 0 atom stereocenters. The van der Waals surface area contributed by atoms with E-state index in [-0.39, 0.29) is 12.2 Å². The van der Waals surface area contributed by atoms with Gasteiger partial charge in [-0.1, -0.05) is 24.3 Å². The lowest BCUT2D eigenvalue weighted by molar-refractivity contribution is 0.273. The summed E-state index contributed by atoms with van der Waals surface area (Å²) in [6.45, 7) is 0.111. The lowest BCUT2D eigenvalue weighted by Crippen LogP contribution is -2.24. The summed E-state index contributed by atoms with van der Waals surface area (Å²) in [4.78, 5) is 21.9. The summed E-state index contributed by atoms with van der Waals surface area (Å²) in [6.07, 6.45) is 1.66. The Morgan fingerprint density at radius 2 is 1.85 bits per heavy atom. The van der Waals surface area contributed by atoms with Crippen molar-refractivity contribution in [3.05, 3.63) is 76.3 Å². The van der Waals surface area contributed by atoms with E-state index in [1.807, 2.05) is 47.8 Å². The Kier molecular flexibility index (Phi) is 4.37. The zero-order valence-corrected chi connectivity index (χ0v) is 14.8. The Balaban J connectivity index is 1.81. The fourth-order valence-electron chi connectivity index (χ4n) is 2.68. The van der Waals surface area contributed by atoms with E-state index in [0.717, 1.165) is 0 Å². The van der Waals surface area contributed by atoms with Crippen molar-refractivity contribution in [3.8, 4) is 16.6 Å². The highest BCUT2D eigenvalue weighted by Crippen LogP contribution is 2.27. The van der Waals surface area contributed by atoms with Crippen molar-refractivity contribution in [3.63, 3.8) is 0 Å². The van der Waals surface area contributed by atoms with E-state index >= 15 is 0 Å². The van der Waals surface area contributed by atoms with Crippen molar-refractivity contribution in [1.82, 2.24) is 14.5 Å². The predicted molar refractivity (Wildman–Crippen MR) is 100 cm³/mol. The van der Waals surface area contributed by atoms with Gasteiger partial charge in [0, 0.05) is 11.6 Å². The Labute approximate surface area is 153 Å². The minimum atomic E-state index is -0.163. The number of hydrogen-bond acceptors (Lipinski definition) is 6. The van der Waals surface area contributed by atoms with E-state index in [4.69, 9.17) is 9.47 Å². The Morgan fingerprint density at radius 3 is 2.62 bits per heavy atom. The maximum atomic E-state index is 13.0. The molecule has 0 N–H and O–H groups in total. The van der Waals surface area contributed by atoms with E-state index < -0.39 is 0 Å². The highest BCUT2D eigenvalue weighted by atomic mass is 32.1. The Morgan fingerprint density at radius 1 is 1.08 bits per heavy atom. The summed E-state index contributed by atoms with van der Waals surface area (Å²) in [5.41, 5.74) is 0.466. The first-order chi connectivity index (χ1) is 12.8. The molecule has 0 spiro atoms. The fraction of sp³-hybridized carbons (Fsp3) is 0.105. The standard InChI is InChI=1S/C19H15N3O3S/c1-24-15-8-4-5-9-16(15)25-12-17-21-14-7-3-2-6-13(14)18(23)22(17)19-20-10-11-26-19/h2-11H,12H2,1H3. The van der Waals surface area contributed by atoms with Gasteiger partial charge in [0.2, 0.25) is 0 Å². The molecule has 26 heavy (non-hydrogen) atoms. The van der Waals surface area contributed by atoms with Crippen LogP contribution in [0.3, 0.4) is 0 Å². The molecule has 0 saturated heterocycles. The van der Waals surface area contributed by atoms with Gasteiger partial charge in [0.1, 0.15) is 6.61 Å². The van der Waals surface area contributed by atoms with Crippen LogP contribution in [0.1, 0.15) is 5.82 Å². The Hall–Kier alpha value is -3.19. The van der Waals surface area contributed by atoms with Crippen molar-refractivity contribution >= 4 is 22.2 Å². The monoisotopic (exact) mass is 365 g/mol. The largest absolute Gasteiger partial charge is 0.493 e. The first-order valence-corrected chi connectivity index (χ1v) is 8.82. The molecule has 0 aliphatic rings. The van der Waals surface area contributed by atoms with Gasteiger partial charge in [-0.3, -0.25) is 4.79 Å². The summed E-state index contributed by atoms with van der Waals surface area (Å²) in [5, 5.41) is 2.93. The van der Waals surface area contributed by atoms with Gasteiger partial charge in [-0.2, -0.15) is 0 Å². The SMILES string of the molecule is COc1ccccc1OCc1nc2ccccc2c(=O)n1-c1nccs1. The molecule has 0 fully saturated rings. The van der Waals surface area contributed by atoms with Crippen LogP contribution in [0, 0.1) is 0 Å². The van der Waals surface area contributed by atoms with Crippen molar-refractivity contribution in [1.29, 1.82) is 0 Å². The lowest BCUT2D eigenvalue weighted by atomic mass is 10.2. The summed E-state index contributed by atoms with van der Waals surface area (Å²) < 4.78 is 12.7. The molecule has 0 radical (unpaired) electrons. The van der Waals surface area contributed by atoms with Crippen LogP contribution in [-0.4, -0.2) is 21.6 Å². The minimum Gasteiger partial charge on any atom is -0.493 e. The zero-order valence-electron chi connectivity index (χ0n) is 14.0. The number of ether oxygens (including phenoxy) is 2. The zero-order chi connectivity index (χ0) is 17.9. The molecule has 0 saturated carbocycles. The molecular formula is C19H15N3O3S. The van der Waals surface area contributed by atoms with Crippen molar-refractivity contribution < 1.29 is 9.47 Å². The first-order valence-electron chi connectivity index (χ1n) is 7.94. The number of thiazole rings is 1. The third-order valence-electron chi connectivity index (χ3n) is 3.88. The van der Waals surface area contributed by atoms with Crippen molar-refractivity contribution in [2.24, 2.45) is 0 Å². The number of nitrogens with zero attached hydrogens (tertiary/aromatic N) is 3. The third kappa shape index (κ3) is 2.93. The summed E-state index contributed by atoms with van der Waals surface area (Å²) in [6, 6.07) is 14.6. The number of rotatable bonds is 5. The average Bonchev–Trinajstić information content (AvgIpc) is 3.21. The number of methoxy groups -OCH3 is 1. The summed E-state index contributed by atoms with van der Waals surface area (Å²) in [5.74, 6) is 1.69. The molecule has 4 rings (SSSR count). The van der Waals surface area contributed by atoms with Crippen LogP contribution in [0.5, 0.6) is 11.5 Å². The van der Waals surface area contributed by atoms with E-state index in [1.165, 1.54) is 15.9 Å². The topological polar surface area (TPSA) is 66.2 Å². The molecular weight excluding hydrogens is 350 g/mol. The molecule has 7 heteroatoms. The molecule has 2 aromatic carbocycles. The van der Waals surface area contributed by atoms with E-state index in [2.05, 4.69) is 9.97 Å². The molecule has 0 aliphatic heterocycles. The van der Waals surface area contributed by atoms with Gasteiger partial charge >= 0.3 is 0 Å². The molecule has 2 aromatic heterocycles. The predicted octanol–water partition coefficient (Wildman–Crippen LogP) is 3.43. The van der Waals surface area contributed by atoms with E-state index in [1.54, 1.807) is 19.4 Å². The van der Waals surface area contributed by atoms with Crippen LogP contribution in [0.4, 0.5) is 0 Å². The molecule has 2 heterocycles. The smallest absolute Gasteiger partial charge is 0.267 e. The van der Waals surface area contributed by atoms with Gasteiger partial charge in [-0.05, 0) is 24.3 Å². The quantitative estimate of drug-likeness (QED) is 0.542. The Bertz CT molecular complexity index is 1110. The molecule has 0 amide bonds. The van der Waals surface area contributed by atoms with Gasteiger partial charge in [-0.25, -0.2) is 14.5 Å². The van der Waals surface area contributed by atoms with Crippen LogP contribution >= 0.6 is 11.3 Å². The van der Waals surface area contributed by atoms with Crippen LogP contribution < -0.4 is 15.0 Å². The highest BCUT2D eigenvalue weighted by Gasteiger charge is 2.15. The van der Waals surface area contributed by atoms with E-state index in [9.17, 15) is 4.79 Å². The summed E-state index contributed by atoms with van der Waals surface area (Å²) >= 11 is 1.37. The van der Waals surface area contributed by atoms with Crippen LogP contribution in [0.2, 0.25) is 0 Å². The first kappa shape index (κ1) is 16.3. The minimum absolute atomic E-state index is 0.111. The van der Waals surface area contributed by atoms with Crippen LogP contribution in [-0.2, 0) is 6.61 Å². The van der Waals surface area contributed by atoms with Crippen molar-refractivity contribution in [2.45, 2.75) is 6.61 Å². The highest BCUT2D eigenvalue weighted by molar-refractivity contribution is 7.12. The second-order valence-electron chi connectivity index (χ2n) is 5.44. The maximum absolute atomic E-state index is 13.0. The number of hydrogen-bond donors (Lipinski definition) is 0. The van der Waals surface area contributed by atoms with Gasteiger partial charge in [0.15, 0.2) is 22.5 Å². The summed E-state index contributed by atoms with van der Waals surface area (Å²) in [7, 11) is 1.59. The normalized spacial score (nSPS) is 10.8. The number of fused-ring (bicyclic) bond motifs is 1. The lowest BCUT2D eigenvalue weighted by Gasteiger charge is -2.13. The van der Waals surface area contributed by atoms with Gasteiger partial charge < -0.3 is 9.47 Å². The average molecular weight is 365 g/mol. The second kappa shape index (κ2) is 6.97. The molecule has 4 aromatic rings. The molecule has 0 bridgehead atoms. The second-order valence-corrected chi connectivity index (χ2v) is 6.31. The van der Waals surface area contributed by atoms with E-state index in [0.29, 0.717) is 33.4 Å². The maximum Gasteiger partial charge on any atom is 0.267 e. The molecule has 130 valence electrons. The third-order valence-corrected chi connectivity index (χ3v) is 4.64. The van der Waals surface area contributed by atoms with Gasteiger partial charge in [0.05, 0.1) is 18.0 Å². The van der Waals surface area contributed by atoms with Crippen LogP contribution in [0.25, 0.3) is 16.0 Å². The fourth-order valence-corrected chi connectivity index (χ4v) is 3.34. The number of para-hydroxylation sites is 3. The molecule has 0 aliphatic carbocycles.